The highest BCUT2D eigenvalue weighted by atomic mass is 35.5. The van der Waals surface area contributed by atoms with E-state index in [4.69, 9.17) is 16.3 Å². The molecule has 12 heteroatoms. The van der Waals surface area contributed by atoms with Crippen molar-refractivity contribution in [3.63, 3.8) is 0 Å². The van der Waals surface area contributed by atoms with Crippen molar-refractivity contribution >= 4 is 23.6 Å². The van der Waals surface area contributed by atoms with E-state index in [1.165, 1.54) is 0 Å². The van der Waals surface area contributed by atoms with Gasteiger partial charge in [-0.3, -0.25) is 9.36 Å². The first-order valence-corrected chi connectivity index (χ1v) is 12.2. The molecule has 0 bridgehead atoms. The van der Waals surface area contributed by atoms with Crippen molar-refractivity contribution in [2.45, 2.75) is 76.2 Å². The molecule has 0 saturated heterocycles. The Morgan fingerprint density at radius 2 is 1.89 bits per heavy atom. The van der Waals surface area contributed by atoms with Gasteiger partial charge in [0.15, 0.2) is 0 Å². The fraction of sp³-hybridized carbons (Fsp3) is 0.583. The molecule has 196 valence electrons. The number of aromatic nitrogens is 3. The molecule has 1 N–H and O–H groups in total. The minimum atomic E-state index is -4.67. The quantitative estimate of drug-likeness (QED) is 0.616. The van der Waals surface area contributed by atoms with Gasteiger partial charge in [0.05, 0.1) is 0 Å². The summed E-state index contributed by atoms with van der Waals surface area (Å²) in [5.41, 5.74) is -0.0868. The van der Waals surface area contributed by atoms with Gasteiger partial charge in [-0.25, -0.2) is 4.79 Å². The fourth-order valence-corrected chi connectivity index (χ4v) is 5.27. The van der Waals surface area contributed by atoms with E-state index in [1.54, 1.807) is 31.7 Å². The van der Waals surface area contributed by atoms with Crippen molar-refractivity contribution in [2.75, 3.05) is 13.1 Å². The second kappa shape index (κ2) is 9.57. The van der Waals surface area contributed by atoms with Crippen LogP contribution in [0.25, 0.3) is 0 Å². The van der Waals surface area contributed by atoms with Crippen LogP contribution in [0.3, 0.4) is 0 Å². The number of ether oxygens (including phenoxy) is 1. The van der Waals surface area contributed by atoms with E-state index in [-0.39, 0.29) is 25.0 Å². The van der Waals surface area contributed by atoms with Crippen molar-refractivity contribution in [1.82, 2.24) is 25.0 Å². The predicted octanol–water partition coefficient (Wildman–Crippen LogP) is 4.81. The highest BCUT2D eigenvalue weighted by Crippen LogP contribution is 2.42. The normalized spacial score (nSPS) is 22.8. The molecule has 1 aromatic heterocycles. The van der Waals surface area contributed by atoms with Gasteiger partial charge in [0.2, 0.25) is 11.6 Å². The second-order valence-electron chi connectivity index (χ2n) is 10.4. The van der Waals surface area contributed by atoms with Crippen molar-refractivity contribution < 1.29 is 27.5 Å². The van der Waals surface area contributed by atoms with Gasteiger partial charge < -0.3 is 15.0 Å². The topological polar surface area (TPSA) is 89.3 Å². The van der Waals surface area contributed by atoms with Crippen molar-refractivity contribution in [3.05, 3.63) is 46.5 Å². The van der Waals surface area contributed by atoms with Crippen molar-refractivity contribution in [2.24, 2.45) is 0 Å². The van der Waals surface area contributed by atoms with Crippen LogP contribution in [0.5, 0.6) is 0 Å². The second-order valence-corrected chi connectivity index (χ2v) is 10.8. The van der Waals surface area contributed by atoms with Crippen LogP contribution in [0.15, 0.2) is 24.3 Å². The molecule has 1 aromatic carbocycles. The van der Waals surface area contributed by atoms with Gasteiger partial charge >= 0.3 is 12.3 Å². The third-order valence-corrected chi connectivity index (χ3v) is 7.02. The number of nitrogens with zero attached hydrogens (tertiary/aromatic N) is 4. The van der Waals surface area contributed by atoms with Crippen molar-refractivity contribution in [1.29, 1.82) is 0 Å². The van der Waals surface area contributed by atoms with Crippen LogP contribution in [0.4, 0.5) is 18.0 Å². The molecule has 2 aliphatic rings. The molecule has 4 rings (SSSR count). The Kier molecular flexibility index (Phi) is 6.98. The molecule has 2 aromatic rings. The summed E-state index contributed by atoms with van der Waals surface area (Å²) in [6.45, 7) is 5.83. The number of amides is 2. The van der Waals surface area contributed by atoms with Crippen LogP contribution in [0.2, 0.25) is 5.02 Å². The summed E-state index contributed by atoms with van der Waals surface area (Å²) in [6.07, 6.45) is -2.70. The Bertz CT molecular complexity index is 1140. The summed E-state index contributed by atoms with van der Waals surface area (Å²) in [6, 6.07) is 7.33. The lowest BCUT2D eigenvalue weighted by atomic mass is 9.67. The first kappa shape index (κ1) is 26.2. The Balaban J connectivity index is 1.50. The van der Waals surface area contributed by atoms with E-state index >= 15 is 0 Å². The monoisotopic (exact) mass is 527 g/mol. The Morgan fingerprint density at radius 3 is 2.50 bits per heavy atom. The Morgan fingerprint density at radius 1 is 1.19 bits per heavy atom. The van der Waals surface area contributed by atoms with Gasteiger partial charge in [-0.05, 0) is 64.2 Å². The number of hydrogen-bond donors (Lipinski definition) is 1. The summed E-state index contributed by atoms with van der Waals surface area (Å²) >= 11 is 6.27. The first-order valence-electron chi connectivity index (χ1n) is 11.8. The first-order chi connectivity index (χ1) is 16.8. The van der Waals surface area contributed by atoms with Gasteiger partial charge in [0.25, 0.3) is 5.91 Å². The molecule has 1 aliphatic carbocycles. The Hall–Kier alpha value is -2.82. The number of alkyl halides is 3. The van der Waals surface area contributed by atoms with Crippen LogP contribution in [-0.2, 0) is 22.9 Å². The number of fused-ring (bicyclic) bond motifs is 1. The molecular weight excluding hydrogens is 499 g/mol. The molecule has 36 heavy (non-hydrogen) atoms. The molecule has 0 spiro atoms. The highest BCUT2D eigenvalue weighted by Gasteiger charge is 2.45. The molecule has 2 amide bonds. The van der Waals surface area contributed by atoms with E-state index < -0.39 is 35.0 Å². The minimum Gasteiger partial charge on any atom is -0.444 e. The molecule has 1 saturated carbocycles. The number of nitrogens with one attached hydrogen (secondary N) is 1. The van der Waals surface area contributed by atoms with Gasteiger partial charge in [-0.2, -0.15) is 13.2 Å². The van der Waals surface area contributed by atoms with Crippen LogP contribution in [0, 0.1) is 0 Å². The molecule has 0 unspecified atom stereocenters. The van der Waals surface area contributed by atoms with E-state index in [2.05, 4.69) is 15.5 Å². The number of carbonyl (C=O) groups excluding carboxylic acids is 2. The zero-order valence-electron chi connectivity index (χ0n) is 20.4. The van der Waals surface area contributed by atoms with Crippen LogP contribution < -0.4 is 5.32 Å². The number of benzene rings is 1. The lowest BCUT2D eigenvalue weighted by Crippen LogP contribution is -2.52. The van der Waals surface area contributed by atoms with Crippen LogP contribution in [-0.4, -0.2) is 56.4 Å². The SMILES string of the molecule is CC(C)(C)OC(=O)NC[C@]1(c2cccc(Cl)c2)CC[C@@H](N2CCn3c(nnc3C(F)(F)F)C2=O)CC1. The molecule has 1 fully saturated rings. The Labute approximate surface area is 212 Å². The highest BCUT2D eigenvalue weighted by molar-refractivity contribution is 6.30. The zero-order valence-corrected chi connectivity index (χ0v) is 21.1. The van der Waals surface area contributed by atoms with Crippen molar-refractivity contribution in [3.8, 4) is 0 Å². The standard InChI is InChI=1S/C24H29ClF3N5O3/c1-22(2,3)36-21(35)29-14-23(15-5-4-6-16(25)13-15)9-7-17(8-10-23)32-11-12-33-18(19(32)34)30-31-20(33)24(26,27)28/h4-6,13,17H,7-12,14H2,1-3H3,(H,29,35)/t17-,23+. The van der Waals surface area contributed by atoms with E-state index in [1.807, 2.05) is 18.2 Å². The van der Waals surface area contributed by atoms with Crippen LogP contribution >= 0.6 is 11.6 Å². The molecule has 2 heterocycles. The van der Waals surface area contributed by atoms with Gasteiger partial charge in [0.1, 0.15) is 5.60 Å². The zero-order chi connectivity index (χ0) is 26.3. The van der Waals surface area contributed by atoms with Gasteiger partial charge in [-0.1, -0.05) is 23.7 Å². The smallest absolute Gasteiger partial charge is 0.444 e. The number of alkyl carbamates (subject to hydrolysis) is 1. The summed E-state index contributed by atoms with van der Waals surface area (Å²) in [5, 5.41) is 10.2. The summed E-state index contributed by atoms with van der Waals surface area (Å²) in [7, 11) is 0. The third kappa shape index (κ3) is 5.45. The lowest BCUT2D eigenvalue weighted by molar-refractivity contribution is -0.147. The fourth-order valence-electron chi connectivity index (χ4n) is 5.08. The van der Waals surface area contributed by atoms with E-state index in [0.717, 1.165) is 10.1 Å². The van der Waals surface area contributed by atoms with Crippen LogP contribution in [0.1, 0.15) is 68.5 Å². The lowest BCUT2D eigenvalue weighted by Gasteiger charge is -2.45. The molecule has 0 radical (unpaired) electrons. The van der Waals surface area contributed by atoms with E-state index in [0.29, 0.717) is 37.3 Å². The summed E-state index contributed by atoms with van der Waals surface area (Å²) in [5.74, 6) is -1.98. The average molecular weight is 528 g/mol. The number of carbonyl (C=O) groups is 2. The van der Waals surface area contributed by atoms with Gasteiger partial charge in [-0.15, -0.1) is 10.2 Å². The number of hydrogen-bond acceptors (Lipinski definition) is 5. The molecule has 0 atom stereocenters. The summed E-state index contributed by atoms with van der Waals surface area (Å²) < 4.78 is 45.8. The molecule has 1 aliphatic heterocycles. The number of halogens is 4. The largest absolute Gasteiger partial charge is 0.451 e. The maximum atomic E-state index is 13.2. The minimum absolute atomic E-state index is 0.0148. The average Bonchev–Trinajstić information content (AvgIpc) is 3.23. The summed E-state index contributed by atoms with van der Waals surface area (Å²) in [4.78, 5) is 27.0. The van der Waals surface area contributed by atoms with Gasteiger partial charge in [0, 0.05) is 36.1 Å². The predicted molar refractivity (Wildman–Crippen MR) is 126 cm³/mol. The molecular formula is C24H29ClF3N5O3. The molecule has 8 nitrogen and oxygen atoms in total. The number of rotatable bonds is 4. The third-order valence-electron chi connectivity index (χ3n) is 6.78. The maximum absolute atomic E-state index is 13.2. The van der Waals surface area contributed by atoms with E-state index in [9.17, 15) is 22.8 Å². The maximum Gasteiger partial charge on any atom is 0.451 e.